The summed E-state index contributed by atoms with van der Waals surface area (Å²) in [7, 11) is 0. The number of hydrogen-bond acceptors (Lipinski definition) is 3. The molecule has 0 aromatic rings. The van der Waals surface area contributed by atoms with Crippen LogP contribution in [0.2, 0.25) is 0 Å². The summed E-state index contributed by atoms with van der Waals surface area (Å²) < 4.78 is 5.34. The molecule has 2 unspecified atom stereocenters. The van der Waals surface area contributed by atoms with Crippen LogP contribution in [-0.4, -0.2) is 40.3 Å². The Hall–Kier alpha value is 0.100. The molecule has 1 heterocycles. The third kappa shape index (κ3) is 4.17. The van der Waals surface area contributed by atoms with Crippen LogP contribution in [0.1, 0.15) is 27.2 Å². The maximum absolute atomic E-state index is 11.8. The Morgan fingerprint density at radius 3 is 2.62 bits per heavy atom. The Kier molecular flexibility index (Phi) is 4.98. The number of nitrogens with zero attached hydrogens (tertiary/aromatic N) is 1. The highest BCUT2D eigenvalue weighted by Gasteiger charge is 2.31. The van der Waals surface area contributed by atoms with Gasteiger partial charge in [-0.3, -0.25) is 0 Å². The van der Waals surface area contributed by atoms with Crippen LogP contribution >= 0.6 is 28.6 Å². The van der Waals surface area contributed by atoms with Crippen molar-refractivity contribution < 1.29 is 9.53 Å². The highest BCUT2D eigenvalue weighted by atomic mass is 79.9. The number of amides is 1. The smallest absolute Gasteiger partial charge is 0.410 e. The van der Waals surface area contributed by atoms with Crippen LogP contribution < -0.4 is 0 Å². The van der Waals surface area contributed by atoms with Gasteiger partial charge in [-0.25, -0.2) is 4.79 Å². The van der Waals surface area contributed by atoms with Gasteiger partial charge >= 0.3 is 6.09 Å². The summed E-state index contributed by atoms with van der Waals surface area (Å²) in [4.78, 5) is 13.9. The first-order valence-electron chi connectivity index (χ1n) is 5.56. The van der Waals surface area contributed by atoms with Gasteiger partial charge in [0.2, 0.25) is 0 Å². The van der Waals surface area contributed by atoms with Gasteiger partial charge in [0.1, 0.15) is 5.60 Å². The number of thiol groups is 1. The van der Waals surface area contributed by atoms with Gasteiger partial charge in [0.25, 0.3) is 0 Å². The summed E-state index contributed by atoms with van der Waals surface area (Å²) in [6.07, 6.45) is 0.771. The minimum Gasteiger partial charge on any atom is -0.444 e. The van der Waals surface area contributed by atoms with E-state index in [4.69, 9.17) is 4.74 Å². The van der Waals surface area contributed by atoms with Crippen LogP contribution in [0.25, 0.3) is 0 Å². The molecule has 5 heteroatoms. The summed E-state index contributed by atoms with van der Waals surface area (Å²) in [5.41, 5.74) is -0.417. The lowest BCUT2D eigenvalue weighted by atomic mass is 9.99. The number of hydrogen-bond donors (Lipinski definition) is 1. The number of carbonyl (C=O) groups is 1. The number of halogens is 1. The van der Waals surface area contributed by atoms with Crippen molar-refractivity contribution in [2.75, 3.05) is 18.8 Å². The van der Waals surface area contributed by atoms with Crippen molar-refractivity contribution in [2.24, 2.45) is 5.92 Å². The van der Waals surface area contributed by atoms with Crippen molar-refractivity contribution in [1.82, 2.24) is 4.90 Å². The van der Waals surface area contributed by atoms with E-state index in [1.54, 1.807) is 4.90 Å². The van der Waals surface area contributed by atoms with E-state index in [9.17, 15) is 4.79 Å². The zero-order valence-electron chi connectivity index (χ0n) is 10.1. The molecule has 1 aliphatic rings. The molecular formula is C11H20BrNO2S. The van der Waals surface area contributed by atoms with Crippen molar-refractivity contribution in [1.29, 1.82) is 0 Å². The van der Waals surface area contributed by atoms with Gasteiger partial charge in [0.15, 0.2) is 0 Å². The first-order valence-corrected chi connectivity index (χ1v) is 7.11. The van der Waals surface area contributed by atoms with Gasteiger partial charge in [0, 0.05) is 17.9 Å². The van der Waals surface area contributed by atoms with E-state index in [0.717, 1.165) is 18.7 Å². The van der Waals surface area contributed by atoms with E-state index in [-0.39, 0.29) is 6.09 Å². The summed E-state index contributed by atoms with van der Waals surface area (Å²) in [5.74, 6) is 1.40. The van der Waals surface area contributed by atoms with Gasteiger partial charge in [-0.1, -0.05) is 15.9 Å². The molecular weight excluding hydrogens is 290 g/mol. The minimum atomic E-state index is -0.417. The van der Waals surface area contributed by atoms with E-state index < -0.39 is 5.60 Å². The Morgan fingerprint density at radius 2 is 2.19 bits per heavy atom. The third-order valence-corrected chi connectivity index (χ3v) is 4.07. The summed E-state index contributed by atoms with van der Waals surface area (Å²) in [6, 6.07) is 0. The molecule has 94 valence electrons. The number of carbonyl (C=O) groups excluding carboxylic acids is 1. The zero-order valence-corrected chi connectivity index (χ0v) is 12.6. The van der Waals surface area contributed by atoms with Crippen LogP contribution in [0.15, 0.2) is 0 Å². The minimum absolute atomic E-state index is 0.213. The first kappa shape index (κ1) is 14.2. The number of piperidine rings is 1. The molecule has 2 atom stereocenters. The lowest BCUT2D eigenvalue weighted by Crippen LogP contribution is -2.46. The summed E-state index contributed by atoms with van der Waals surface area (Å²) in [5, 5.41) is 0. The molecule has 0 aromatic heterocycles. The molecule has 1 rings (SSSR count). The van der Waals surface area contributed by atoms with Gasteiger partial charge in [0.05, 0.1) is 0 Å². The average molecular weight is 310 g/mol. The number of ether oxygens (including phenoxy) is 1. The molecule has 1 aliphatic heterocycles. The van der Waals surface area contributed by atoms with E-state index in [0.29, 0.717) is 17.3 Å². The molecule has 0 radical (unpaired) electrons. The lowest BCUT2D eigenvalue weighted by molar-refractivity contribution is 0.0200. The van der Waals surface area contributed by atoms with Gasteiger partial charge in [-0.2, -0.15) is 12.6 Å². The Labute approximate surface area is 111 Å². The molecule has 0 bridgehead atoms. The van der Waals surface area contributed by atoms with E-state index in [1.807, 2.05) is 20.8 Å². The number of alkyl halides is 1. The molecule has 16 heavy (non-hydrogen) atoms. The largest absolute Gasteiger partial charge is 0.444 e. The topological polar surface area (TPSA) is 29.5 Å². The predicted octanol–water partition coefficient (Wildman–Crippen LogP) is 2.94. The Bertz CT molecular complexity index is 255. The summed E-state index contributed by atoms with van der Waals surface area (Å²) in [6.45, 7) is 7.13. The Balaban J connectivity index is 2.48. The van der Waals surface area contributed by atoms with Crippen molar-refractivity contribution in [3.63, 3.8) is 0 Å². The second-order valence-corrected chi connectivity index (χ2v) is 6.71. The normalized spacial score (nSPS) is 26.7. The number of likely N-dealkylation sites (tertiary alicyclic amines) is 1. The van der Waals surface area contributed by atoms with Crippen molar-refractivity contribution in [3.8, 4) is 0 Å². The molecule has 0 saturated carbocycles. The standard InChI is InChI=1S/C11H20BrNO2S/c1-11(2,3)15-10(14)13-5-4-8(7-16)9(12)6-13/h8-9,16H,4-7H2,1-3H3. The molecule has 0 N–H and O–H groups in total. The van der Waals surface area contributed by atoms with Gasteiger partial charge in [-0.05, 0) is 38.9 Å². The zero-order chi connectivity index (χ0) is 12.3. The fourth-order valence-electron chi connectivity index (χ4n) is 1.65. The lowest BCUT2D eigenvalue weighted by Gasteiger charge is -2.36. The molecule has 0 aliphatic carbocycles. The van der Waals surface area contributed by atoms with Crippen LogP contribution in [0.4, 0.5) is 4.79 Å². The first-order chi connectivity index (χ1) is 7.33. The molecule has 0 spiro atoms. The fourth-order valence-corrected chi connectivity index (χ4v) is 3.18. The Morgan fingerprint density at radius 1 is 1.56 bits per heavy atom. The third-order valence-electron chi connectivity index (χ3n) is 2.56. The average Bonchev–Trinajstić information content (AvgIpc) is 2.15. The molecule has 3 nitrogen and oxygen atoms in total. The van der Waals surface area contributed by atoms with Crippen LogP contribution in [0.3, 0.4) is 0 Å². The molecule has 0 aromatic carbocycles. The van der Waals surface area contributed by atoms with Crippen LogP contribution in [0.5, 0.6) is 0 Å². The highest BCUT2D eigenvalue weighted by molar-refractivity contribution is 9.09. The fraction of sp³-hybridized carbons (Fsp3) is 0.909. The predicted molar refractivity (Wildman–Crippen MR) is 72.5 cm³/mol. The van der Waals surface area contributed by atoms with E-state index >= 15 is 0 Å². The molecule has 1 saturated heterocycles. The highest BCUT2D eigenvalue weighted by Crippen LogP contribution is 2.25. The van der Waals surface area contributed by atoms with Crippen molar-refractivity contribution in [2.45, 2.75) is 37.6 Å². The summed E-state index contributed by atoms with van der Waals surface area (Å²) >= 11 is 7.91. The second-order valence-electron chi connectivity index (χ2n) is 5.17. The molecule has 1 amide bonds. The van der Waals surface area contributed by atoms with Gasteiger partial charge in [-0.15, -0.1) is 0 Å². The van der Waals surface area contributed by atoms with Gasteiger partial charge < -0.3 is 9.64 Å². The van der Waals surface area contributed by atoms with Crippen molar-refractivity contribution in [3.05, 3.63) is 0 Å². The quantitative estimate of drug-likeness (QED) is 0.596. The number of rotatable bonds is 1. The van der Waals surface area contributed by atoms with Crippen molar-refractivity contribution >= 4 is 34.7 Å². The van der Waals surface area contributed by atoms with Crippen LogP contribution in [0, 0.1) is 5.92 Å². The second kappa shape index (κ2) is 5.63. The van der Waals surface area contributed by atoms with E-state index in [1.165, 1.54) is 0 Å². The van der Waals surface area contributed by atoms with E-state index in [2.05, 4.69) is 28.6 Å². The monoisotopic (exact) mass is 309 g/mol. The maximum atomic E-state index is 11.8. The molecule has 1 fully saturated rings. The SMILES string of the molecule is CC(C)(C)OC(=O)N1CCC(CS)C(Br)C1. The maximum Gasteiger partial charge on any atom is 0.410 e. The van der Waals surface area contributed by atoms with Crippen LogP contribution in [-0.2, 0) is 4.74 Å².